The second kappa shape index (κ2) is 5.22. The standard InChI is InChI=1S/C9H10F3N.ClH/c1-5(13)6-3-2-4-7(8(6)10)9(11)12;/h2-5,9H,13H2,1H3;1H/t5-;/m0./s1. The molecule has 14 heavy (non-hydrogen) atoms. The Morgan fingerprint density at radius 3 is 2.14 bits per heavy atom. The van der Waals surface area contributed by atoms with Gasteiger partial charge in [0.2, 0.25) is 0 Å². The average molecular weight is 226 g/mol. The fourth-order valence-electron chi connectivity index (χ4n) is 1.09. The summed E-state index contributed by atoms with van der Waals surface area (Å²) < 4.78 is 37.6. The summed E-state index contributed by atoms with van der Waals surface area (Å²) in [6.07, 6.45) is -2.79. The van der Waals surface area contributed by atoms with Crippen LogP contribution >= 0.6 is 12.4 Å². The van der Waals surface area contributed by atoms with Gasteiger partial charge in [-0.05, 0) is 6.92 Å². The third-order valence-electron chi connectivity index (χ3n) is 1.78. The minimum absolute atomic E-state index is 0. The van der Waals surface area contributed by atoms with Crippen LogP contribution in [0.25, 0.3) is 0 Å². The first-order valence-corrected chi connectivity index (χ1v) is 3.86. The molecule has 0 amide bonds. The molecule has 1 aromatic carbocycles. The molecule has 0 saturated carbocycles. The van der Waals surface area contributed by atoms with Gasteiger partial charge in [-0.3, -0.25) is 0 Å². The molecule has 80 valence electrons. The van der Waals surface area contributed by atoms with Crippen molar-refractivity contribution in [1.82, 2.24) is 0 Å². The fraction of sp³-hybridized carbons (Fsp3) is 0.333. The zero-order valence-electron chi connectivity index (χ0n) is 7.51. The molecule has 1 rings (SSSR count). The van der Waals surface area contributed by atoms with Gasteiger partial charge in [0, 0.05) is 11.6 Å². The van der Waals surface area contributed by atoms with E-state index in [1.807, 2.05) is 0 Å². The molecule has 0 saturated heterocycles. The van der Waals surface area contributed by atoms with E-state index in [4.69, 9.17) is 5.73 Å². The molecule has 1 nitrogen and oxygen atoms in total. The third-order valence-corrected chi connectivity index (χ3v) is 1.78. The van der Waals surface area contributed by atoms with Crippen molar-refractivity contribution in [2.75, 3.05) is 0 Å². The summed E-state index contributed by atoms with van der Waals surface area (Å²) in [6, 6.07) is 3.28. The number of benzene rings is 1. The number of nitrogens with two attached hydrogens (primary N) is 1. The largest absolute Gasteiger partial charge is 0.324 e. The van der Waals surface area contributed by atoms with Crippen LogP contribution in [-0.2, 0) is 0 Å². The smallest absolute Gasteiger partial charge is 0.266 e. The van der Waals surface area contributed by atoms with Gasteiger partial charge in [-0.25, -0.2) is 13.2 Å². The normalized spacial score (nSPS) is 12.4. The van der Waals surface area contributed by atoms with Gasteiger partial charge in [0.05, 0.1) is 5.56 Å². The SMILES string of the molecule is C[C@H](N)c1cccc(C(F)F)c1F.Cl. The molecule has 0 fully saturated rings. The first-order valence-electron chi connectivity index (χ1n) is 3.86. The first-order chi connectivity index (χ1) is 6.04. The number of hydrogen-bond acceptors (Lipinski definition) is 1. The maximum Gasteiger partial charge on any atom is 0.266 e. The van der Waals surface area contributed by atoms with Gasteiger partial charge >= 0.3 is 0 Å². The van der Waals surface area contributed by atoms with Gasteiger partial charge in [-0.1, -0.05) is 18.2 Å². The summed E-state index contributed by atoms with van der Waals surface area (Å²) in [5.41, 5.74) is 4.93. The fourth-order valence-corrected chi connectivity index (χ4v) is 1.09. The van der Waals surface area contributed by atoms with Crippen LogP contribution in [0.5, 0.6) is 0 Å². The summed E-state index contributed by atoms with van der Waals surface area (Å²) in [4.78, 5) is 0. The van der Waals surface area contributed by atoms with Crippen molar-refractivity contribution in [2.45, 2.75) is 19.4 Å². The minimum atomic E-state index is -2.79. The first kappa shape index (κ1) is 13.3. The Balaban J connectivity index is 0.00000169. The highest BCUT2D eigenvalue weighted by molar-refractivity contribution is 5.85. The topological polar surface area (TPSA) is 26.0 Å². The van der Waals surface area contributed by atoms with E-state index in [-0.39, 0.29) is 18.0 Å². The van der Waals surface area contributed by atoms with Crippen LogP contribution in [0.2, 0.25) is 0 Å². The maximum absolute atomic E-state index is 13.2. The second-order valence-corrected chi connectivity index (χ2v) is 2.84. The highest BCUT2D eigenvalue weighted by atomic mass is 35.5. The van der Waals surface area contributed by atoms with E-state index < -0.39 is 23.8 Å². The molecule has 0 heterocycles. The lowest BCUT2D eigenvalue weighted by molar-refractivity contribution is 0.146. The molecule has 0 bridgehead atoms. The van der Waals surface area contributed by atoms with E-state index in [2.05, 4.69) is 0 Å². The van der Waals surface area contributed by atoms with E-state index in [0.717, 1.165) is 6.07 Å². The zero-order valence-corrected chi connectivity index (χ0v) is 8.32. The maximum atomic E-state index is 13.2. The van der Waals surface area contributed by atoms with Crippen LogP contribution < -0.4 is 5.73 Å². The lowest BCUT2D eigenvalue weighted by Crippen LogP contribution is -2.09. The Bertz CT molecular complexity index is 276. The lowest BCUT2D eigenvalue weighted by Gasteiger charge is -2.09. The Labute approximate surface area is 86.5 Å². The Morgan fingerprint density at radius 2 is 1.71 bits per heavy atom. The molecule has 0 radical (unpaired) electrons. The van der Waals surface area contributed by atoms with Crippen molar-refractivity contribution >= 4 is 12.4 Å². The molecule has 0 spiro atoms. The van der Waals surface area contributed by atoms with Crippen molar-refractivity contribution in [2.24, 2.45) is 5.73 Å². The van der Waals surface area contributed by atoms with Crippen LogP contribution in [0.3, 0.4) is 0 Å². The van der Waals surface area contributed by atoms with Crippen molar-refractivity contribution in [3.8, 4) is 0 Å². The molecule has 2 N–H and O–H groups in total. The highest BCUT2D eigenvalue weighted by Gasteiger charge is 2.17. The molecular formula is C9H11ClF3N. The van der Waals surface area contributed by atoms with Crippen molar-refractivity contribution in [1.29, 1.82) is 0 Å². The summed E-state index contributed by atoms with van der Waals surface area (Å²) in [5.74, 6) is -0.896. The average Bonchev–Trinajstić information content (AvgIpc) is 2.03. The quantitative estimate of drug-likeness (QED) is 0.822. The highest BCUT2D eigenvalue weighted by Crippen LogP contribution is 2.26. The molecule has 1 aromatic rings. The Kier molecular flexibility index (Phi) is 4.94. The minimum Gasteiger partial charge on any atom is -0.324 e. The number of halogens is 4. The van der Waals surface area contributed by atoms with Gasteiger partial charge in [0.15, 0.2) is 0 Å². The van der Waals surface area contributed by atoms with E-state index in [1.54, 1.807) is 6.92 Å². The van der Waals surface area contributed by atoms with Crippen LogP contribution in [0.1, 0.15) is 30.5 Å². The van der Waals surface area contributed by atoms with E-state index in [9.17, 15) is 13.2 Å². The number of rotatable bonds is 2. The molecule has 0 unspecified atom stereocenters. The van der Waals surface area contributed by atoms with Gasteiger partial charge in [-0.15, -0.1) is 12.4 Å². The molecule has 5 heteroatoms. The van der Waals surface area contributed by atoms with Crippen LogP contribution in [-0.4, -0.2) is 0 Å². The van der Waals surface area contributed by atoms with Crippen molar-refractivity contribution in [3.05, 3.63) is 35.1 Å². The van der Waals surface area contributed by atoms with E-state index in [0.29, 0.717) is 0 Å². The lowest BCUT2D eigenvalue weighted by atomic mass is 10.0. The molecule has 0 aliphatic rings. The molecule has 0 aromatic heterocycles. The third kappa shape index (κ3) is 2.62. The van der Waals surface area contributed by atoms with Crippen molar-refractivity contribution < 1.29 is 13.2 Å². The predicted molar refractivity (Wildman–Crippen MR) is 51.2 cm³/mol. The van der Waals surface area contributed by atoms with Gasteiger partial charge in [-0.2, -0.15) is 0 Å². The van der Waals surface area contributed by atoms with Crippen molar-refractivity contribution in [3.63, 3.8) is 0 Å². The Hall–Kier alpha value is -0.740. The monoisotopic (exact) mass is 225 g/mol. The van der Waals surface area contributed by atoms with Gasteiger partial charge in [0.1, 0.15) is 5.82 Å². The number of alkyl halides is 2. The molecule has 1 atom stereocenters. The predicted octanol–water partition coefficient (Wildman–Crippen LogP) is 3.20. The summed E-state index contributed by atoms with van der Waals surface area (Å²) in [7, 11) is 0. The Morgan fingerprint density at radius 1 is 1.21 bits per heavy atom. The van der Waals surface area contributed by atoms with Gasteiger partial charge < -0.3 is 5.73 Å². The van der Waals surface area contributed by atoms with Gasteiger partial charge in [0.25, 0.3) is 6.43 Å². The van der Waals surface area contributed by atoms with Crippen LogP contribution in [0.4, 0.5) is 13.2 Å². The summed E-state index contributed by atoms with van der Waals surface area (Å²) >= 11 is 0. The zero-order chi connectivity index (χ0) is 10.0. The molecule has 0 aliphatic carbocycles. The molecular weight excluding hydrogens is 215 g/mol. The second-order valence-electron chi connectivity index (χ2n) is 2.84. The van der Waals surface area contributed by atoms with E-state index in [1.165, 1.54) is 12.1 Å². The summed E-state index contributed by atoms with van der Waals surface area (Å²) in [6.45, 7) is 1.55. The molecule has 0 aliphatic heterocycles. The van der Waals surface area contributed by atoms with E-state index >= 15 is 0 Å². The van der Waals surface area contributed by atoms with Crippen LogP contribution in [0.15, 0.2) is 18.2 Å². The summed E-state index contributed by atoms with van der Waals surface area (Å²) in [5, 5.41) is 0. The number of hydrogen-bond donors (Lipinski definition) is 1. The van der Waals surface area contributed by atoms with Crippen LogP contribution in [0, 0.1) is 5.82 Å².